The van der Waals surface area contributed by atoms with Crippen LogP contribution in [0, 0.1) is 10.1 Å². The third kappa shape index (κ3) is 2.15. The Morgan fingerprint density at radius 3 is 2.53 bits per heavy atom. The summed E-state index contributed by atoms with van der Waals surface area (Å²) in [6.07, 6.45) is 3.86. The largest absolute Gasteiger partial charge is 0.276 e. The van der Waals surface area contributed by atoms with Gasteiger partial charge in [0.05, 0.1) is 10.5 Å². The topological polar surface area (TPSA) is 43.1 Å². The van der Waals surface area contributed by atoms with Gasteiger partial charge in [0.1, 0.15) is 0 Å². The van der Waals surface area contributed by atoms with Crippen molar-refractivity contribution in [2.45, 2.75) is 12.8 Å². The standard InChI is InChI=1S/C16H13NO2/c18-17(19)16-8-4-3-7-15(16)14-10-9-12-5-1-2-6-13(12)11-14/h1-8,11H,9-10H2. The predicted molar refractivity (Wildman–Crippen MR) is 75.7 cm³/mol. The molecule has 19 heavy (non-hydrogen) atoms. The molecule has 94 valence electrons. The zero-order valence-corrected chi connectivity index (χ0v) is 10.4. The fourth-order valence-electron chi connectivity index (χ4n) is 2.55. The minimum absolute atomic E-state index is 0.188. The number of nitro groups is 1. The molecule has 0 aliphatic heterocycles. The van der Waals surface area contributed by atoms with Crippen LogP contribution >= 0.6 is 0 Å². The second kappa shape index (κ2) is 4.69. The summed E-state index contributed by atoms with van der Waals surface area (Å²) in [6, 6.07) is 15.2. The zero-order chi connectivity index (χ0) is 13.2. The van der Waals surface area contributed by atoms with Crippen LogP contribution in [0.3, 0.4) is 0 Å². The SMILES string of the molecule is O=[N+]([O-])c1ccccc1C1=Cc2ccccc2CC1. The molecule has 3 nitrogen and oxygen atoms in total. The minimum atomic E-state index is -0.309. The van der Waals surface area contributed by atoms with Gasteiger partial charge in [-0.05, 0) is 35.6 Å². The van der Waals surface area contributed by atoms with E-state index in [0.29, 0.717) is 0 Å². The number of nitrogens with zero attached hydrogens (tertiary/aromatic N) is 1. The van der Waals surface area contributed by atoms with E-state index in [0.717, 1.165) is 24.0 Å². The molecule has 2 aromatic carbocycles. The van der Waals surface area contributed by atoms with Crippen LogP contribution in [0.4, 0.5) is 5.69 Å². The predicted octanol–water partition coefficient (Wildman–Crippen LogP) is 4.08. The Labute approximate surface area is 111 Å². The second-order valence-corrected chi connectivity index (χ2v) is 4.64. The third-order valence-corrected chi connectivity index (χ3v) is 3.50. The molecular formula is C16H13NO2. The molecule has 0 amide bonds. The fourth-order valence-corrected chi connectivity index (χ4v) is 2.55. The van der Waals surface area contributed by atoms with Crippen LogP contribution in [-0.4, -0.2) is 4.92 Å². The van der Waals surface area contributed by atoms with E-state index in [1.54, 1.807) is 12.1 Å². The highest BCUT2D eigenvalue weighted by Gasteiger charge is 2.18. The maximum Gasteiger partial charge on any atom is 0.276 e. The van der Waals surface area contributed by atoms with E-state index in [-0.39, 0.29) is 10.6 Å². The van der Waals surface area contributed by atoms with Gasteiger partial charge in [-0.25, -0.2) is 0 Å². The van der Waals surface area contributed by atoms with Gasteiger partial charge in [0.15, 0.2) is 0 Å². The number of fused-ring (bicyclic) bond motifs is 1. The van der Waals surface area contributed by atoms with Crippen LogP contribution < -0.4 is 0 Å². The van der Waals surface area contributed by atoms with Gasteiger partial charge in [-0.2, -0.15) is 0 Å². The first-order valence-electron chi connectivity index (χ1n) is 6.28. The van der Waals surface area contributed by atoms with Crippen molar-refractivity contribution in [1.82, 2.24) is 0 Å². The summed E-state index contributed by atoms with van der Waals surface area (Å²) in [5.74, 6) is 0. The fraction of sp³-hybridized carbons (Fsp3) is 0.125. The van der Waals surface area contributed by atoms with Crippen LogP contribution in [0.2, 0.25) is 0 Å². The molecule has 3 heteroatoms. The molecule has 0 bridgehead atoms. The number of nitro benzene ring substituents is 1. The van der Waals surface area contributed by atoms with Crippen molar-refractivity contribution >= 4 is 17.3 Å². The Kier molecular flexibility index (Phi) is 2.88. The van der Waals surface area contributed by atoms with E-state index in [9.17, 15) is 10.1 Å². The maximum atomic E-state index is 11.1. The van der Waals surface area contributed by atoms with E-state index in [1.807, 2.05) is 24.3 Å². The summed E-state index contributed by atoms with van der Waals surface area (Å²) in [5, 5.41) is 11.1. The van der Waals surface area contributed by atoms with Crippen LogP contribution in [0.15, 0.2) is 48.5 Å². The molecule has 0 fully saturated rings. The third-order valence-electron chi connectivity index (χ3n) is 3.50. The number of hydrogen-bond donors (Lipinski definition) is 0. The molecule has 0 aromatic heterocycles. The van der Waals surface area contributed by atoms with Crippen LogP contribution in [0.25, 0.3) is 11.6 Å². The van der Waals surface area contributed by atoms with Crippen LogP contribution in [0.5, 0.6) is 0 Å². The lowest BCUT2D eigenvalue weighted by atomic mass is 9.88. The first-order chi connectivity index (χ1) is 9.25. The highest BCUT2D eigenvalue weighted by atomic mass is 16.6. The molecule has 3 rings (SSSR count). The van der Waals surface area contributed by atoms with Gasteiger partial charge in [-0.1, -0.05) is 42.5 Å². The number of allylic oxidation sites excluding steroid dienone is 1. The van der Waals surface area contributed by atoms with E-state index >= 15 is 0 Å². The monoisotopic (exact) mass is 251 g/mol. The minimum Gasteiger partial charge on any atom is -0.258 e. The van der Waals surface area contributed by atoms with Crippen LogP contribution in [0.1, 0.15) is 23.1 Å². The molecule has 1 aliphatic carbocycles. The van der Waals surface area contributed by atoms with Crippen LogP contribution in [-0.2, 0) is 6.42 Å². The molecule has 0 unspecified atom stereocenters. The van der Waals surface area contributed by atoms with Crippen molar-refractivity contribution in [2.75, 3.05) is 0 Å². The van der Waals surface area contributed by atoms with Gasteiger partial charge < -0.3 is 0 Å². The summed E-state index contributed by atoms with van der Waals surface area (Å²) in [6.45, 7) is 0. The quantitative estimate of drug-likeness (QED) is 0.596. The van der Waals surface area contributed by atoms with Gasteiger partial charge in [0.2, 0.25) is 0 Å². The molecule has 0 heterocycles. The number of hydrogen-bond acceptors (Lipinski definition) is 2. The molecule has 2 aromatic rings. The number of rotatable bonds is 2. The number of aryl methyl sites for hydroxylation is 1. The lowest BCUT2D eigenvalue weighted by Gasteiger charge is -2.16. The average Bonchev–Trinajstić information content (AvgIpc) is 2.46. The summed E-state index contributed by atoms with van der Waals surface area (Å²) in [4.78, 5) is 10.8. The highest BCUT2D eigenvalue weighted by molar-refractivity contribution is 5.87. The Morgan fingerprint density at radius 1 is 0.947 bits per heavy atom. The molecule has 0 saturated carbocycles. The number of para-hydroxylation sites is 1. The molecule has 0 N–H and O–H groups in total. The van der Waals surface area contributed by atoms with Gasteiger partial charge in [-0.15, -0.1) is 0 Å². The molecule has 0 atom stereocenters. The van der Waals surface area contributed by atoms with Crippen molar-refractivity contribution in [3.63, 3.8) is 0 Å². The average molecular weight is 251 g/mol. The van der Waals surface area contributed by atoms with Crippen molar-refractivity contribution in [3.8, 4) is 0 Å². The number of benzene rings is 2. The molecule has 0 spiro atoms. The molecular weight excluding hydrogens is 238 g/mol. The van der Waals surface area contributed by atoms with Crippen molar-refractivity contribution in [2.24, 2.45) is 0 Å². The lowest BCUT2D eigenvalue weighted by Crippen LogP contribution is -2.01. The molecule has 1 aliphatic rings. The van der Waals surface area contributed by atoms with E-state index < -0.39 is 0 Å². The molecule has 0 saturated heterocycles. The van der Waals surface area contributed by atoms with Crippen molar-refractivity contribution in [1.29, 1.82) is 0 Å². The maximum absolute atomic E-state index is 11.1. The summed E-state index contributed by atoms with van der Waals surface area (Å²) >= 11 is 0. The summed E-state index contributed by atoms with van der Waals surface area (Å²) < 4.78 is 0. The normalized spacial score (nSPS) is 13.6. The van der Waals surface area contributed by atoms with E-state index in [1.165, 1.54) is 11.1 Å². The van der Waals surface area contributed by atoms with E-state index in [2.05, 4.69) is 18.2 Å². The lowest BCUT2D eigenvalue weighted by molar-refractivity contribution is -0.385. The second-order valence-electron chi connectivity index (χ2n) is 4.64. The van der Waals surface area contributed by atoms with Gasteiger partial charge in [-0.3, -0.25) is 10.1 Å². The van der Waals surface area contributed by atoms with Gasteiger partial charge in [0, 0.05) is 6.07 Å². The Balaban J connectivity index is 2.10. The Morgan fingerprint density at radius 2 is 1.68 bits per heavy atom. The first kappa shape index (κ1) is 11.7. The Hall–Kier alpha value is -2.42. The van der Waals surface area contributed by atoms with Gasteiger partial charge >= 0.3 is 0 Å². The van der Waals surface area contributed by atoms with Crippen molar-refractivity contribution < 1.29 is 4.92 Å². The highest BCUT2D eigenvalue weighted by Crippen LogP contribution is 2.34. The van der Waals surface area contributed by atoms with Gasteiger partial charge in [0.25, 0.3) is 5.69 Å². The zero-order valence-electron chi connectivity index (χ0n) is 10.4. The summed E-state index contributed by atoms with van der Waals surface area (Å²) in [7, 11) is 0. The smallest absolute Gasteiger partial charge is 0.258 e. The molecule has 0 radical (unpaired) electrons. The summed E-state index contributed by atoms with van der Waals surface area (Å²) in [5.41, 5.74) is 4.45. The van der Waals surface area contributed by atoms with Crippen molar-refractivity contribution in [3.05, 3.63) is 75.3 Å². The van der Waals surface area contributed by atoms with E-state index in [4.69, 9.17) is 0 Å². The first-order valence-corrected chi connectivity index (χ1v) is 6.28. The Bertz CT molecular complexity index is 674.